The van der Waals surface area contributed by atoms with Crippen molar-refractivity contribution in [3.63, 3.8) is 0 Å². The molecule has 2 heterocycles. The summed E-state index contributed by atoms with van der Waals surface area (Å²) in [7, 11) is 0. The molecule has 0 fully saturated rings. The molecule has 2 amide bonds. The summed E-state index contributed by atoms with van der Waals surface area (Å²) in [6.45, 7) is 0.903. The minimum Gasteiger partial charge on any atom is -0.386 e. The molecule has 9 nitrogen and oxygen atoms in total. The molecule has 0 bridgehead atoms. The second-order valence-corrected chi connectivity index (χ2v) is 7.50. The number of benzene rings is 2. The predicted molar refractivity (Wildman–Crippen MR) is 110 cm³/mol. The second kappa shape index (κ2) is 9.01. The highest BCUT2D eigenvalue weighted by molar-refractivity contribution is 6.15. The highest BCUT2D eigenvalue weighted by Gasteiger charge is 2.30. The van der Waals surface area contributed by atoms with Crippen LogP contribution in [0.3, 0.4) is 0 Å². The van der Waals surface area contributed by atoms with Crippen molar-refractivity contribution in [1.82, 2.24) is 10.6 Å². The van der Waals surface area contributed by atoms with E-state index in [1.807, 2.05) is 0 Å². The van der Waals surface area contributed by atoms with Crippen LogP contribution in [0.5, 0.6) is 0 Å². The number of hydrogen-bond acceptors (Lipinski definition) is 7. The van der Waals surface area contributed by atoms with Gasteiger partial charge < -0.3 is 20.1 Å². The minimum atomic E-state index is -0.627. The number of esters is 4. The number of amides is 2. The molecular formula is C23H20N2O7. The smallest absolute Gasteiger partial charge is 0.346 e. The molecule has 164 valence electrons. The average Bonchev–Trinajstić information content (AvgIpc) is 3.22. The van der Waals surface area contributed by atoms with Crippen molar-refractivity contribution in [3.05, 3.63) is 69.8 Å². The molecule has 0 spiro atoms. The number of carbonyl (C=O) groups is 5. The number of carbonyl (C=O) groups excluding carboxylic acids is 5. The third-order valence-electron chi connectivity index (χ3n) is 5.27. The van der Waals surface area contributed by atoms with Gasteiger partial charge in [0, 0.05) is 13.1 Å². The van der Waals surface area contributed by atoms with Crippen LogP contribution in [0.4, 0.5) is 4.79 Å². The number of hydrogen-bond donors (Lipinski definition) is 2. The van der Waals surface area contributed by atoms with E-state index < -0.39 is 23.9 Å². The molecule has 2 aliphatic rings. The number of cyclic esters (lactones) is 4. The van der Waals surface area contributed by atoms with Crippen molar-refractivity contribution in [2.45, 2.75) is 25.7 Å². The van der Waals surface area contributed by atoms with E-state index in [1.54, 1.807) is 36.4 Å². The molecule has 0 radical (unpaired) electrons. The molecular weight excluding hydrogens is 416 g/mol. The van der Waals surface area contributed by atoms with Crippen molar-refractivity contribution < 1.29 is 33.4 Å². The van der Waals surface area contributed by atoms with Gasteiger partial charge in [-0.15, -0.1) is 0 Å². The standard InChI is InChI=1S/C23H20N2O7/c26-19-15-7-5-13(11-17(15)21(28)31-19)3-1-9-24-23(30)25-10-2-4-14-6-8-16-18(12-14)22(29)32-20(16)27/h5-8,11-12H,1-4,9-10H2,(H2,24,25,30). The van der Waals surface area contributed by atoms with Gasteiger partial charge >= 0.3 is 29.9 Å². The number of rotatable bonds is 8. The Morgan fingerprint density at radius 3 is 1.47 bits per heavy atom. The van der Waals surface area contributed by atoms with Gasteiger partial charge in [0.2, 0.25) is 0 Å². The first-order valence-corrected chi connectivity index (χ1v) is 10.2. The molecule has 2 N–H and O–H groups in total. The average molecular weight is 436 g/mol. The quantitative estimate of drug-likeness (QED) is 0.369. The summed E-state index contributed by atoms with van der Waals surface area (Å²) in [5.74, 6) is -2.50. The lowest BCUT2D eigenvalue weighted by Crippen LogP contribution is -2.36. The first-order valence-electron chi connectivity index (χ1n) is 10.2. The molecule has 4 rings (SSSR count). The first kappa shape index (κ1) is 21.2. The number of aryl methyl sites for hydroxylation is 2. The Morgan fingerprint density at radius 2 is 1.03 bits per heavy atom. The fourth-order valence-corrected chi connectivity index (χ4v) is 3.63. The number of ether oxygens (including phenoxy) is 2. The molecule has 0 unspecified atom stereocenters. The van der Waals surface area contributed by atoms with Gasteiger partial charge in [-0.2, -0.15) is 0 Å². The second-order valence-electron chi connectivity index (χ2n) is 7.50. The largest absolute Gasteiger partial charge is 0.386 e. The maximum atomic E-state index is 11.9. The van der Waals surface area contributed by atoms with E-state index in [-0.39, 0.29) is 28.3 Å². The van der Waals surface area contributed by atoms with Gasteiger partial charge in [-0.1, -0.05) is 12.1 Å². The fourth-order valence-electron chi connectivity index (χ4n) is 3.63. The minimum absolute atomic E-state index is 0.281. The first-order chi connectivity index (χ1) is 15.4. The van der Waals surface area contributed by atoms with E-state index in [0.29, 0.717) is 38.8 Å². The molecule has 0 atom stereocenters. The Bertz CT molecular complexity index is 1050. The number of urea groups is 1. The Kier molecular flexibility index (Phi) is 5.98. The summed E-state index contributed by atoms with van der Waals surface area (Å²) in [5.41, 5.74) is 2.90. The number of nitrogens with one attached hydrogen (secondary N) is 2. The summed E-state index contributed by atoms with van der Waals surface area (Å²) < 4.78 is 9.14. The fraction of sp³-hybridized carbons (Fsp3) is 0.261. The third kappa shape index (κ3) is 4.51. The molecule has 2 aromatic rings. The lowest BCUT2D eigenvalue weighted by atomic mass is 10.0. The van der Waals surface area contributed by atoms with Crippen molar-refractivity contribution in [1.29, 1.82) is 0 Å². The monoisotopic (exact) mass is 436 g/mol. The normalized spacial score (nSPS) is 14.0. The van der Waals surface area contributed by atoms with Crippen molar-refractivity contribution in [2.24, 2.45) is 0 Å². The van der Waals surface area contributed by atoms with Gasteiger partial charge in [-0.05, 0) is 61.1 Å². The van der Waals surface area contributed by atoms with Gasteiger partial charge in [0.05, 0.1) is 22.3 Å². The number of fused-ring (bicyclic) bond motifs is 2. The van der Waals surface area contributed by atoms with E-state index in [2.05, 4.69) is 20.1 Å². The van der Waals surface area contributed by atoms with E-state index in [1.165, 1.54) is 0 Å². The van der Waals surface area contributed by atoms with Crippen LogP contribution < -0.4 is 10.6 Å². The maximum Gasteiger partial charge on any atom is 0.346 e. The van der Waals surface area contributed by atoms with Crippen molar-refractivity contribution in [3.8, 4) is 0 Å². The maximum absolute atomic E-state index is 11.9. The molecule has 32 heavy (non-hydrogen) atoms. The lowest BCUT2D eigenvalue weighted by molar-refractivity contribution is 0.0425. The molecule has 2 aliphatic heterocycles. The summed E-state index contributed by atoms with van der Waals surface area (Å²) in [6, 6.07) is 9.73. The van der Waals surface area contributed by atoms with Crippen LogP contribution in [-0.2, 0) is 22.3 Å². The summed E-state index contributed by atoms with van der Waals surface area (Å²) in [4.78, 5) is 58.0. The zero-order valence-electron chi connectivity index (χ0n) is 17.1. The van der Waals surface area contributed by atoms with E-state index in [0.717, 1.165) is 11.1 Å². The topological polar surface area (TPSA) is 128 Å². The van der Waals surface area contributed by atoms with Crippen LogP contribution in [0.2, 0.25) is 0 Å². The van der Waals surface area contributed by atoms with Gasteiger partial charge in [-0.3, -0.25) is 0 Å². The Hall–Kier alpha value is -4.01. The molecule has 0 aliphatic carbocycles. The van der Waals surface area contributed by atoms with Crippen LogP contribution in [0.15, 0.2) is 36.4 Å². The van der Waals surface area contributed by atoms with Gasteiger partial charge in [0.25, 0.3) is 0 Å². The molecule has 0 saturated carbocycles. The van der Waals surface area contributed by atoms with Gasteiger partial charge in [0.15, 0.2) is 0 Å². The van der Waals surface area contributed by atoms with Crippen LogP contribution in [-0.4, -0.2) is 43.0 Å². The highest BCUT2D eigenvalue weighted by Crippen LogP contribution is 2.22. The zero-order chi connectivity index (χ0) is 22.7. The van der Waals surface area contributed by atoms with E-state index in [9.17, 15) is 24.0 Å². The molecule has 0 saturated heterocycles. The van der Waals surface area contributed by atoms with Crippen LogP contribution in [0.1, 0.15) is 65.4 Å². The van der Waals surface area contributed by atoms with Crippen LogP contribution in [0.25, 0.3) is 0 Å². The van der Waals surface area contributed by atoms with Gasteiger partial charge in [0.1, 0.15) is 0 Å². The summed E-state index contributed by atoms with van der Waals surface area (Å²) >= 11 is 0. The van der Waals surface area contributed by atoms with Crippen LogP contribution in [0, 0.1) is 0 Å². The van der Waals surface area contributed by atoms with Gasteiger partial charge in [-0.25, -0.2) is 24.0 Å². The highest BCUT2D eigenvalue weighted by atomic mass is 16.6. The Labute approximate surface area is 183 Å². The Morgan fingerprint density at radius 1 is 0.625 bits per heavy atom. The predicted octanol–water partition coefficient (Wildman–Crippen LogP) is 2.17. The van der Waals surface area contributed by atoms with Crippen LogP contribution >= 0.6 is 0 Å². The Balaban J connectivity index is 1.13. The van der Waals surface area contributed by atoms with E-state index >= 15 is 0 Å². The SMILES string of the molecule is O=C(NCCCc1ccc2c(c1)C(=O)OC2=O)NCCCc1ccc2c(c1)C(=O)OC2=O. The molecule has 2 aromatic carbocycles. The lowest BCUT2D eigenvalue weighted by Gasteiger charge is -2.08. The zero-order valence-corrected chi connectivity index (χ0v) is 17.1. The van der Waals surface area contributed by atoms with E-state index in [4.69, 9.17) is 0 Å². The summed E-state index contributed by atoms with van der Waals surface area (Å²) in [6.07, 6.45) is 2.61. The van der Waals surface area contributed by atoms with Crippen molar-refractivity contribution in [2.75, 3.05) is 13.1 Å². The third-order valence-corrected chi connectivity index (χ3v) is 5.27. The van der Waals surface area contributed by atoms with Crippen molar-refractivity contribution >= 4 is 29.9 Å². The molecule has 0 aromatic heterocycles. The molecule has 9 heteroatoms. The summed E-state index contributed by atoms with van der Waals surface area (Å²) in [5, 5.41) is 5.54.